The number of rotatable bonds is 2. The molecule has 15 heavy (non-hydrogen) atoms. The molecular formula is C10H11NO4. The summed E-state index contributed by atoms with van der Waals surface area (Å²) < 4.78 is 4.90. The number of carboxylic acids is 1. The van der Waals surface area contributed by atoms with Gasteiger partial charge in [0.2, 0.25) is 0 Å². The van der Waals surface area contributed by atoms with Gasteiger partial charge in [0.1, 0.15) is 5.75 Å². The first-order valence-corrected chi connectivity index (χ1v) is 4.23. The molecule has 0 saturated heterocycles. The molecule has 1 aromatic rings. The predicted molar refractivity (Wildman–Crippen MR) is 53.1 cm³/mol. The van der Waals surface area contributed by atoms with E-state index in [0.717, 1.165) is 0 Å². The molecule has 0 atom stereocenters. The Labute approximate surface area is 86.9 Å². The molecule has 5 nitrogen and oxygen atoms in total. The maximum Gasteiger partial charge on any atom is 0.414 e. The van der Waals surface area contributed by atoms with Gasteiger partial charge in [0.25, 0.3) is 0 Å². The van der Waals surface area contributed by atoms with E-state index >= 15 is 0 Å². The van der Waals surface area contributed by atoms with Crippen molar-refractivity contribution in [3.05, 3.63) is 29.8 Å². The lowest BCUT2D eigenvalue weighted by Gasteiger charge is -2.10. The van der Waals surface area contributed by atoms with Crippen LogP contribution in [0.15, 0.2) is 24.3 Å². The average molecular weight is 209 g/mol. The van der Waals surface area contributed by atoms with Gasteiger partial charge in [-0.1, -0.05) is 0 Å². The lowest BCUT2D eigenvalue weighted by atomic mass is 10.2. The number of hydrogen-bond donors (Lipinski definition) is 1. The van der Waals surface area contributed by atoms with Crippen molar-refractivity contribution < 1.29 is 19.4 Å². The molecule has 0 radical (unpaired) electrons. The Bertz CT molecular complexity index is 370. The highest BCUT2D eigenvalue weighted by Crippen LogP contribution is 2.12. The molecule has 0 unspecified atom stereocenters. The summed E-state index contributed by atoms with van der Waals surface area (Å²) in [6.07, 6.45) is -0.502. The van der Waals surface area contributed by atoms with Gasteiger partial charge in [0.15, 0.2) is 0 Å². The number of amides is 1. The second-order valence-electron chi connectivity index (χ2n) is 3.09. The topological polar surface area (TPSA) is 66.8 Å². The molecule has 0 aliphatic rings. The highest BCUT2D eigenvalue weighted by molar-refractivity contribution is 5.87. The van der Waals surface area contributed by atoms with Crippen LogP contribution in [0.2, 0.25) is 0 Å². The standard InChI is InChI=1S/C10H11NO4/c1-11(2)10(14)15-8-5-3-7(4-6-8)9(12)13/h3-6H,1-2H3,(H,12,13). The van der Waals surface area contributed by atoms with E-state index in [-0.39, 0.29) is 5.56 Å². The van der Waals surface area contributed by atoms with Crippen LogP contribution in [0.1, 0.15) is 10.4 Å². The first kappa shape index (κ1) is 11.0. The summed E-state index contributed by atoms with van der Waals surface area (Å²) in [7, 11) is 3.13. The van der Waals surface area contributed by atoms with Crippen molar-refractivity contribution in [2.45, 2.75) is 0 Å². The Morgan fingerprint density at radius 1 is 1.20 bits per heavy atom. The number of ether oxygens (including phenoxy) is 1. The fourth-order valence-corrected chi connectivity index (χ4v) is 0.858. The van der Waals surface area contributed by atoms with Gasteiger partial charge >= 0.3 is 12.1 Å². The molecule has 5 heteroatoms. The predicted octanol–water partition coefficient (Wildman–Crippen LogP) is 1.45. The van der Waals surface area contributed by atoms with E-state index in [9.17, 15) is 9.59 Å². The monoisotopic (exact) mass is 209 g/mol. The summed E-state index contributed by atoms with van der Waals surface area (Å²) in [5.74, 6) is -0.695. The van der Waals surface area contributed by atoms with E-state index < -0.39 is 12.1 Å². The van der Waals surface area contributed by atoms with Crippen molar-refractivity contribution in [2.75, 3.05) is 14.1 Å². The van der Waals surface area contributed by atoms with Crippen LogP contribution in [0.25, 0.3) is 0 Å². The minimum atomic E-state index is -1.01. The summed E-state index contributed by atoms with van der Waals surface area (Å²) in [5.41, 5.74) is 0.152. The van der Waals surface area contributed by atoms with Crippen LogP contribution < -0.4 is 4.74 Å². The van der Waals surface area contributed by atoms with Gasteiger partial charge in [0.05, 0.1) is 5.56 Å². The maximum absolute atomic E-state index is 11.1. The summed E-state index contributed by atoms with van der Waals surface area (Å²) in [6, 6.07) is 5.62. The number of benzene rings is 1. The van der Waals surface area contributed by atoms with Gasteiger partial charge in [-0.15, -0.1) is 0 Å². The molecule has 0 heterocycles. The van der Waals surface area contributed by atoms with Crippen molar-refractivity contribution >= 4 is 12.1 Å². The molecule has 1 aromatic carbocycles. The van der Waals surface area contributed by atoms with Gasteiger partial charge in [-0.3, -0.25) is 0 Å². The second-order valence-corrected chi connectivity index (χ2v) is 3.09. The molecule has 1 N–H and O–H groups in total. The zero-order chi connectivity index (χ0) is 11.4. The van der Waals surface area contributed by atoms with E-state index in [0.29, 0.717) is 5.75 Å². The molecule has 0 saturated carbocycles. The van der Waals surface area contributed by atoms with Gasteiger partial charge in [-0.2, -0.15) is 0 Å². The Hall–Kier alpha value is -2.04. The number of carboxylic acid groups (broad SMARTS) is 1. The highest BCUT2D eigenvalue weighted by Gasteiger charge is 2.07. The molecule has 1 amide bonds. The molecule has 0 spiro atoms. The van der Waals surface area contributed by atoms with Gasteiger partial charge in [-0.05, 0) is 24.3 Å². The van der Waals surface area contributed by atoms with Crippen LogP contribution in [-0.2, 0) is 0 Å². The lowest BCUT2D eigenvalue weighted by Crippen LogP contribution is -2.25. The number of nitrogens with zero attached hydrogens (tertiary/aromatic N) is 1. The Balaban J connectivity index is 2.73. The van der Waals surface area contributed by atoms with E-state index in [1.165, 1.54) is 29.2 Å². The third-order valence-electron chi connectivity index (χ3n) is 1.67. The van der Waals surface area contributed by atoms with Crippen molar-refractivity contribution in [3.63, 3.8) is 0 Å². The average Bonchev–Trinajstić information content (AvgIpc) is 2.18. The van der Waals surface area contributed by atoms with Crippen LogP contribution in [0.3, 0.4) is 0 Å². The zero-order valence-corrected chi connectivity index (χ0v) is 8.43. The fraction of sp³-hybridized carbons (Fsp3) is 0.200. The molecule has 0 aromatic heterocycles. The largest absolute Gasteiger partial charge is 0.478 e. The van der Waals surface area contributed by atoms with Crippen molar-refractivity contribution in [3.8, 4) is 5.75 Å². The quantitative estimate of drug-likeness (QED) is 0.800. The summed E-state index contributed by atoms with van der Waals surface area (Å²) in [6.45, 7) is 0. The van der Waals surface area contributed by atoms with Crippen LogP contribution in [-0.4, -0.2) is 36.2 Å². The number of hydrogen-bond acceptors (Lipinski definition) is 3. The molecule has 0 fully saturated rings. The van der Waals surface area contributed by atoms with Crippen LogP contribution in [0, 0.1) is 0 Å². The van der Waals surface area contributed by atoms with Crippen molar-refractivity contribution in [1.29, 1.82) is 0 Å². The number of aromatic carboxylic acids is 1. The first-order chi connectivity index (χ1) is 7.00. The van der Waals surface area contributed by atoms with Crippen molar-refractivity contribution in [2.24, 2.45) is 0 Å². The number of carbonyl (C=O) groups is 2. The van der Waals surface area contributed by atoms with E-state index in [4.69, 9.17) is 9.84 Å². The molecule has 0 bridgehead atoms. The van der Waals surface area contributed by atoms with E-state index in [2.05, 4.69) is 0 Å². The second kappa shape index (κ2) is 4.45. The van der Waals surface area contributed by atoms with Gasteiger partial charge < -0.3 is 14.7 Å². The smallest absolute Gasteiger partial charge is 0.414 e. The van der Waals surface area contributed by atoms with Gasteiger partial charge in [0, 0.05) is 14.1 Å². The minimum Gasteiger partial charge on any atom is -0.478 e. The minimum absolute atomic E-state index is 0.152. The van der Waals surface area contributed by atoms with Crippen LogP contribution >= 0.6 is 0 Å². The van der Waals surface area contributed by atoms with Crippen molar-refractivity contribution in [1.82, 2.24) is 4.90 Å². The summed E-state index contributed by atoms with van der Waals surface area (Å²) >= 11 is 0. The molecular weight excluding hydrogens is 198 g/mol. The molecule has 0 aliphatic carbocycles. The highest BCUT2D eigenvalue weighted by atomic mass is 16.6. The number of carbonyl (C=O) groups excluding carboxylic acids is 1. The Morgan fingerprint density at radius 3 is 2.13 bits per heavy atom. The zero-order valence-electron chi connectivity index (χ0n) is 8.43. The Morgan fingerprint density at radius 2 is 1.73 bits per heavy atom. The lowest BCUT2D eigenvalue weighted by molar-refractivity contribution is 0.0697. The van der Waals surface area contributed by atoms with Gasteiger partial charge in [-0.25, -0.2) is 9.59 Å². The normalized spacial score (nSPS) is 9.47. The third kappa shape index (κ3) is 2.98. The molecule has 80 valence electrons. The van der Waals surface area contributed by atoms with Crippen LogP contribution in [0.5, 0.6) is 5.75 Å². The Kier molecular flexibility index (Phi) is 3.28. The van der Waals surface area contributed by atoms with E-state index in [1.54, 1.807) is 14.1 Å². The third-order valence-corrected chi connectivity index (χ3v) is 1.67. The fourth-order valence-electron chi connectivity index (χ4n) is 0.858. The molecule has 1 rings (SSSR count). The van der Waals surface area contributed by atoms with E-state index in [1.807, 2.05) is 0 Å². The van der Waals surface area contributed by atoms with Crippen LogP contribution in [0.4, 0.5) is 4.79 Å². The first-order valence-electron chi connectivity index (χ1n) is 4.23. The SMILES string of the molecule is CN(C)C(=O)Oc1ccc(C(=O)O)cc1. The summed E-state index contributed by atoms with van der Waals surface area (Å²) in [4.78, 5) is 22.9. The summed E-state index contributed by atoms with van der Waals surface area (Å²) in [5, 5.41) is 8.63. The maximum atomic E-state index is 11.1. The molecule has 0 aliphatic heterocycles.